The lowest BCUT2D eigenvalue weighted by Gasteiger charge is -2.26. The van der Waals surface area contributed by atoms with Crippen LogP contribution in [0.1, 0.15) is 16.9 Å². The third kappa shape index (κ3) is 6.00. The fourth-order valence-electron chi connectivity index (χ4n) is 3.23. The van der Waals surface area contributed by atoms with Crippen molar-refractivity contribution in [3.05, 3.63) is 52.2 Å². The van der Waals surface area contributed by atoms with Crippen LogP contribution in [0, 0.1) is 0 Å². The molecule has 0 aliphatic carbocycles. The highest BCUT2D eigenvalue weighted by atomic mass is 32.2. The predicted molar refractivity (Wildman–Crippen MR) is 127 cm³/mol. The second-order valence-corrected chi connectivity index (χ2v) is 10.6. The molecule has 1 aromatic carbocycles. The molecule has 0 bridgehead atoms. The predicted octanol–water partition coefficient (Wildman–Crippen LogP) is 3.12. The standard InChI is InChI=1S/C21H24N4O4S3/c26-20(19-15-31-21(24-19)16-6-13-30-14-16)23-17-2-4-18(5-3-17)32(27,28)22-7-1-8-25-9-11-29-12-10-25/h2-6,13-15,22H,1,7-12H2,(H,23,26). The molecule has 0 saturated carbocycles. The Morgan fingerprint density at radius 2 is 1.91 bits per heavy atom. The zero-order chi connectivity index (χ0) is 22.4. The molecule has 170 valence electrons. The average molecular weight is 493 g/mol. The van der Waals surface area contributed by atoms with E-state index in [4.69, 9.17) is 4.74 Å². The number of rotatable bonds is 9. The van der Waals surface area contributed by atoms with Gasteiger partial charge in [0.25, 0.3) is 5.91 Å². The number of nitrogens with zero attached hydrogens (tertiary/aromatic N) is 2. The fourth-order valence-corrected chi connectivity index (χ4v) is 5.81. The van der Waals surface area contributed by atoms with Crippen LogP contribution in [0.15, 0.2) is 51.4 Å². The van der Waals surface area contributed by atoms with Crippen LogP contribution in [-0.2, 0) is 14.8 Å². The monoisotopic (exact) mass is 492 g/mol. The minimum absolute atomic E-state index is 0.162. The van der Waals surface area contributed by atoms with E-state index in [2.05, 4.69) is 19.9 Å². The van der Waals surface area contributed by atoms with Crippen LogP contribution in [0.4, 0.5) is 5.69 Å². The molecule has 2 N–H and O–H groups in total. The zero-order valence-electron chi connectivity index (χ0n) is 17.3. The van der Waals surface area contributed by atoms with Gasteiger partial charge in [-0.25, -0.2) is 18.1 Å². The van der Waals surface area contributed by atoms with Crippen molar-refractivity contribution in [3.8, 4) is 10.6 Å². The van der Waals surface area contributed by atoms with Gasteiger partial charge in [-0.1, -0.05) is 0 Å². The quantitative estimate of drug-likeness (QED) is 0.445. The molecule has 1 aliphatic rings. The lowest BCUT2D eigenvalue weighted by molar-refractivity contribution is 0.0376. The molecular weight excluding hydrogens is 468 g/mol. The molecule has 1 fully saturated rings. The molecule has 0 atom stereocenters. The van der Waals surface area contributed by atoms with Crippen LogP contribution >= 0.6 is 22.7 Å². The molecule has 0 unspecified atom stereocenters. The first-order chi connectivity index (χ1) is 15.5. The van der Waals surface area contributed by atoms with Crippen molar-refractivity contribution in [1.29, 1.82) is 0 Å². The minimum Gasteiger partial charge on any atom is -0.379 e. The highest BCUT2D eigenvalue weighted by Crippen LogP contribution is 2.26. The summed E-state index contributed by atoms with van der Waals surface area (Å²) in [6.07, 6.45) is 0.731. The molecule has 32 heavy (non-hydrogen) atoms. The number of thiazole rings is 1. The number of hydrogen-bond donors (Lipinski definition) is 2. The molecule has 3 aromatic rings. The Morgan fingerprint density at radius 1 is 1.12 bits per heavy atom. The third-order valence-corrected chi connectivity index (χ3v) is 8.03. The lowest BCUT2D eigenvalue weighted by atomic mass is 10.3. The van der Waals surface area contributed by atoms with Gasteiger partial charge in [-0.15, -0.1) is 11.3 Å². The van der Waals surface area contributed by atoms with Gasteiger partial charge in [0.15, 0.2) is 0 Å². The Labute approximate surface area is 195 Å². The average Bonchev–Trinajstić information content (AvgIpc) is 3.50. The van der Waals surface area contributed by atoms with Crippen LogP contribution < -0.4 is 10.0 Å². The zero-order valence-corrected chi connectivity index (χ0v) is 19.8. The maximum atomic E-state index is 12.5. The van der Waals surface area contributed by atoms with Gasteiger partial charge in [-0.05, 0) is 48.7 Å². The van der Waals surface area contributed by atoms with Crippen molar-refractivity contribution in [2.75, 3.05) is 44.7 Å². The number of sulfonamides is 1. The van der Waals surface area contributed by atoms with E-state index in [1.165, 1.54) is 23.5 Å². The van der Waals surface area contributed by atoms with Gasteiger partial charge in [-0.2, -0.15) is 11.3 Å². The van der Waals surface area contributed by atoms with E-state index >= 15 is 0 Å². The van der Waals surface area contributed by atoms with Gasteiger partial charge in [0.1, 0.15) is 10.7 Å². The van der Waals surface area contributed by atoms with Crippen LogP contribution in [0.25, 0.3) is 10.6 Å². The van der Waals surface area contributed by atoms with Gasteiger partial charge >= 0.3 is 0 Å². The van der Waals surface area contributed by atoms with Gasteiger partial charge in [0.05, 0.1) is 18.1 Å². The Hall–Kier alpha value is -2.15. The second kappa shape index (κ2) is 10.6. The van der Waals surface area contributed by atoms with Crippen molar-refractivity contribution < 1.29 is 17.9 Å². The topological polar surface area (TPSA) is 101 Å². The molecule has 11 heteroatoms. The summed E-state index contributed by atoms with van der Waals surface area (Å²) in [7, 11) is -3.60. The highest BCUT2D eigenvalue weighted by molar-refractivity contribution is 7.89. The van der Waals surface area contributed by atoms with E-state index < -0.39 is 10.0 Å². The van der Waals surface area contributed by atoms with Crippen LogP contribution in [-0.4, -0.2) is 63.6 Å². The second-order valence-electron chi connectivity index (χ2n) is 7.23. The van der Waals surface area contributed by atoms with E-state index in [9.17, 15) is 13.2 Å². The summed E-state index contributed by atoms with van der Waals surface area (Å²) >= 11 is 2.98. The first-order valence-electron chi connectivity index (χ1n) is 10.2. The normalized spacial score (nSPS) is 15.0. The molecule has 2 aromatic heterocycles. The number of amides is 1. The first kappa shape index (κ1) is 23.0. The molecule has 4 rings (SSSR count). The van der Waals surface area contributed by atoms with E-state index in [1.54, 1.807) is 28.8 Å². The molecule has 1 aliphatic heterocycles. The Balaban J connectivity index is 1.28. The van der Waals surface area contributed by atoms with E-state index in [1.807, 2.05) is 16.8 Å². The van der Waals surface area contributed by atoms with Crippen molar-refractivity contribution in [3.63, 3.8) is 0 Å². The smallest absolute Gasteiger partial charge is 0.275 e. The summed E-state index contributed by atoms with van der Waals surface area (Å²) in [4.78, 5) is 19.3. The van der Waals surface area contributed by atoms with Crippen molar-refractivity contribution in [2.45, 2.75) is 11.3 Å². The Kier molecular flexibility index (Phi) is 7.66. The molecule has 1 saturated heterocycles. The number of thiophene rings is 1. The van der Waals surface area contributed by atoms with E-state index in [0.717, 1.165) is 49.8 Å². The molecule has 3 heterocycles. The highest BCUT2D eigenvalue weighted by Gasteiger charge is 2.16. The van der Waals surface area contributed by atoms with Gasteiger partial charge < -0.3 is 10.1 Å². The summed E-state index contributed by atoms with van der Waals surface area (Å²) in [6.45, 7) is 4.43. The number of carbonyl (C=O) groups is 1. The number of benzene rings is 1. The first-order valence-corrected chi connectivity index (χ1v) is 13.5. The molecule has 1 amide bonds. The molecule has 0 radical (unpaired) electrons. The number of carbonyl (C=O) groups excluding carboxylic acids is 1. The fraction of sp³-hybridized carbons (Fsp3) is 0.333. The summed E-state index contributed by atoms with van der Waals surface area (Å²) in [5.74, 6) is -0.334. The maximum Gasteiger partial charge on any atom is 0.275 e. The van der Waals surface area contributed by atoms with Crippen molar-refractivity contribution in [1.82, 2.24) is 14.6 Å². The summed E-state index contributed by atoms with van der Waals surface area (Å²) in [5, 5.41) is 9.21. The number of morpholine rings is 1. The third-order valence-electron chi connectivity index (χ3n) is 4.97. The van der Waals surface area contributed by atoms with Crippen molar-refractivity contribution >= 4 is 44.3 Å². The van der Waals surface area contributed by atoms with Crippen LogP contribution in [0.3, 0.4) is 0 Å². The maximum absolute atomic E-state index is 12.5. The minimum atomic E-state index is -3.60. The van der Waals surface area contributed by atoms with Crippen LogP contribution in [0.5, 0.6) is 0 Å². The van der Waals surface area contributed by atoms with Gasteiger partial charge in [0, 0.05) is 41.6 Å². The lowest BCUT2D eigenvalue weighted by Crippen LogP contribution is -2.38. The van der Waals surface area contributed by atoms with E-state index in [-0.39, 0.29) is 10.8 Å². The van der Waals surface area contributed by atoms with Crippen LogP contribution in [0.2, 0.25) is 0 Å². The number of hydrogen-bond acceptors (Lipinski definition) is 8. The Morgan fingerprint density at radius 3 is 2.62 bits per heavy atom. The number of nitrogens with one attached hydrogen (secondary N) is 2. The number of aromatic nitrogens is 1. The number of anilines is 1. The van der Waals surface area contributed by atoms with E-state index in [0.29, 0.717) is 17.9 Å². The van der Waals surface area contributed by atoms with Gasteiger partial charge in [0.2, 0.25) is 10.0 Å². The SMILES string of the molecule is O=C(Nc1ccc(S(=O)(=O)NCCCN2CCOCC2)cc1)c1csc(-c2ccsc2)n1. The summed E-state index contributed by atoms with van der Waals surface area (Å²) in [6, 6.07) is 8.08. The largest absolute Gasteiger partial charge is 0.379 e. The molecule has 0 spiro atoms. The van der Waals surface area contributed by atoms with Crippen molar-refractivity contribution in [2.24, 2.45) is 0 Å². The Bertz CT molecular complexity index is 1120. The molecule has 8 nitrogen and oxygen atoms in total. The number of ether oxygens (including phenoxy) is 1. The summed E-state index contributed by atoms with van der Waals surface area (Å²) < 4.78 is 33.0. The molecular formula is C21H24N4O4S3. The summed E-state index contributed by atoms with van der Waals surface area (Å²) in [5.41, 5.74) is 1.83. The van der Waals surface area contributed by atoms with Gasteiger partial charge in [-0.3, -0.25) is 9.69 Å².